The van der Waals surface area contributed by atoms with Crippen LogP contribution in [0.2, 0.25) is 0 Å². The number of nitrogens with zero attached hydrogens (tertiary/aromatic N) is 4. The maximum atomic E-state index is 12.6. The van der Waals surface area contributed by atoms with Gasteiger partial charge in [0.1, 0.15) is 0 Å². The number of fused-ring (bicyclic) bond motifs is 2. The van der Waals surface area contributed by atoms with Crippen LogP contribution >= 0.6 is 0 Å². The predicted molar refractivity (Wildman–Crippen MR) is 174 cm³/mol. The second-order valence-electron chi connectivity index (χ2n) is 14.9. The third-order valence-electron chi connectivity index (χ3n) is 11.1. The van der Waals surface area contributed by atoms with E-state index in [4.69, 9.17) is 13.1 Å². The van der Waals surface area contributed by atoms with Crippen molar-refractivity contribution < 1.29 is 14.7 Å². The zero-order chi connectivity index (χ0) is 32.8. The van der Waals surface area contributed by atoms with E-state index in [1.807, 2.05) is 58.2 Å². The third-order valence-corrected chi connectivity index (χ3v) is 11.1. The van der Waals surface area contributed by atoms with Crippen LogP contribution in [0.3, 0.4) is 0 Å². The fourth-order valence-electron chi connectivity index (χ4n) is 8.85. The van der Waals surface area contributed by atoms with Crippen molar-refractivity contribution >= 4 is 17.1 Å². The quantitative estimate of drug-likeness (QED) is 0.355. The second-order valence-corrected chi connectivity index (χ2v) is 14.9. The molecule has 0 bridgehead atoms. The van der Waals surface area contributed by atoms with Crippen molar-refractivity contribution in [2.45, 2.75) is 79.2 Å². The molecular weight excluding hydrogens is 560 g/mol. The number of pyridine rings is 2. The summed E-state index contributed by atoms with van der Waals surface area (Å²) in [6.45, 7) is 26.7. The van der Waals surface area contributed by atoms with E-state index in [9.17, 15) is 14.7 Å². The van der Waals surface area contributed by atoms with Crippen molar-refractivity contribution in [3.05, 3.63) is 113 Å². The number of hydrogen-bond donors (Lipinski definition) is 1. The number of carbonyl (C=O) groups is 2. The molecule has 0 amide bonds. The van der Waals surface area contributed by atoms with Gasteiger partial charge in [-0.25, -0.2) is 9.69 Å². The molecule has 45 heavy (non-hydrogen) atoms. The molecule has 4 aliphatic rings. The zero-order valence-electron chi connectivity index (χ0n) is 27.1. The summed E-state index contributed by atoms with van der Waals surface area (Å²) in [5.41, 5.74) is 1.18. The molecule has 6 rings (SSSR count). The molecule has 2 heterocycles. The van der Waals surface area contributed by atoms with Gasteiger partial charge in [-0.05, 0) is 78.0 Å². The highest BCUT2D eigenvalue weighted by molar-refractivity contribution is 6.03. The predicted octanol–water partition coefficient (Wildman–Crippen LogP) is 7.78. The molecular formula is C38H42N4O3. The van der Waals surface area contributed by atoms with Gasteiger partial charge < -0.3 is 14.7 Å². The molecule has 5 atom stereocenters. The smallest absolute Gasteiger partial charge is 0.226 e. The van der Waals surface area contributed by atoms with Gasteiger partial charge in [0.2, 0.25) is 11.4 Å². The molecule has 0 aliphatic heterocycles. The van der Waals surface area contributed by atoms with Crippen LogP contribution < -0.4 is 0 Å². The molecule has 232 valence electrons. The van der Waals surface area contributed by atoms with Crippen molar-refractivity contribution in [2.75, 3.05) is 0 Å². The molecule has 0 spiro atoms. The maximum absolute atomic E-state index is 12.6. The lowest BCUT2D eigenvalue weighted by molar-refractivity contribution is -0.138. The summed E-state index contributed by atoms with van der Waals surface area (Å²) < 4.78 is 0. The SMILES string of the molecule is [C-]#[N+]C1=C[C@]2(C)CC(c3cccnc3)=CC[C@H]2C(C)(C)C1=O.[C-]#[N+]C1=C[C@]2(C)C[C@](O)(c3cccnc3)CC[C@H]2C(C)(C)C1=O. The van der Waals surface area contributed by atoms with Crippen molar-refractivity contribution in [1.82, 2.24) is 9.97 Å². The Hall–Kier alpha value is -4.20. The van der Waals surface area contributed by atoms with Crippen molar-refractivity contribution in [3.8, 4) is 0 Å². The largest absolute Gasteiger partial charge is 0.385 e. The van der Waals surface area contributed by atoms with Crippen LogP contribution in [-0.4, -0.2) is 26.6 Å². The summed E-state index contributed by atoms with van der Waals surface area (Å²) in [5, 5.41) is 11.2. The minimum Gasteiger partial charge on any atom is -0.385 e. The number of aromatic nitrogens is 2. The number of aliphatic hydroxyl groups is 1. The molecule has 7 heteroatoms. The van der Waals surface area contributed by atoms with Crippen LogP contribution in [0.5, 0.6) is 0 Å². The van der Waals surface area contributed by atoms with Crippen molar-refractivity contribution in [1.29, 1.82) is 0 Å². The Bertz CT molecular complexity index is 1690. The van der Waals surface area contributed by atoms with Gasteiger partial charge in [-0.3, -0.25) is 9.97 Å². The lowest BCUT2D eigenvalue weighted by atomic mass is 9.50. The highest BCUT2D eigenvalue weighted by Gasteiger charge is 2.56. The lowest BCUT2D eigenvalue weighted by Gasteiger charge is -2.54. The lowest BCUT2D eigenvalue weighted by Crippen LogP contribution is -2.52. The first-order chi connectivity index (χ1) is 21.1. The maximum Gasteiger partial charge on any atom is 0.226 e. The molecule has 0 aromatic carbocycles. The fourth-order valence-corrected chi connectivity index (χ4v) is 8.85. The molecule has 2 aromatic rings. The van der Waals surface area contributed by atoms with Gasteiger partial charge in [-0.1, -0.05) is 71.9 Å². The highest BCUT2D eigenvalue weighted by Crippen LogP contribution is 2.59. The standard InChI is InChI=1S/C19H22N2O2.C19H20N2O/c1-17(2)15-7-8-19(23,13-6-5-9-21-11-13)12-18(15,3)10-14(20-4)16(17)22;1-18(2)16-8-7-13(14-6-5-9-21-12-14)10-19(16,3)11-15(20-4)17(18)22/h5-6,9-11,15,23H,7-8,12H2,1-3H3;5-7,9,11-12,16H,8,10H2,1-3H3/t15-,18+,19-;16-,19-/m00/s1. The van der Waals surface area contributed by atoms with Crippen LogP contribution in [0.4, 0.5) is 0 Å². The number of rotatable bonds is 2. The van der Waals surface area contributed by atoms with Crippen LogP contribution in [0, 0.1) is 46.6 Å². The summed E-state index contributed by atoms with van der Waals surface area (Å²) in [6.07, 6.45) is 16.6. The number of allylic oxidation sites excluding steroid dienone is 6. The summed E-state index contributed by atoms with van der Waals surface area (Å²) in [4.78, 5) is 40.3. The molecule has 7 nitrogen and oxygen atoms in total. The molecule has 1 fully saturated rings. The average Bonchev–Trinajstić information content (AvgIpc) is 3.01. The van der Waals surface area contributed by atoms with E-state index in [0.717, 1.165) is 30.4 Å². The Balaban J connectivity index is 0.000000178. The Morgan fingerprint density at radius 2 is 1.40 bits per heavy atom. The molecule has 0 unspecified atom stereocenters. The molecule has 4 aliphatic carbocycles. The number of hydrogen-bond acceptors (Lipinski definition) is 5. The van der Waals surface area contributed by atoms with Gasteiger partial charge in [0.25, 0.3) is 0 Å². The average molecular weight is 603 g/mol. The van der Waals surface area contributed by atoms with E-state index in [1.54, 1.807) is 24.7 Å². The minimum absolute atomic E-state index is 0.0109. The van der Waals surface area contributed by atoms with Gasteiger partial charge in [0, 0.05) is 41.2 Å². The normalized spacial score (nSPS) is 33.0. The van der Waals surface area contributed by atoms with Crippen LogP contribution in [0.15, 0.2) is 78.7 Å². The molecule has 2 aromatic heterocycles. The van der Waals surface area contributed by atoms with E-state index < -0.39 is 16.4 Å². The molecule has 1 saturated carbocycles. The summed E-state index contributed by atoms with van der Waals surface area (Å²) in [6, 6.07) is 7.74. The van der Waals surface area contributed by atoms with Crippen LogP contribution in [0.25, 0.3) is 15.3 Å². The second kappa shape index (κ2) is 11.3. The van der Waals surface area contributed by atoms with Crippen LogP contribution in [-0.2, 0) is 15.2 Å². The van der Waals surface area contributed by atoms with Gasteiger partial charge in [0.15, 0.2) is 11.6 Å². The number of Topliss-reactive ketones (excluding diaryl/α,β-unsaturated/α-hetero) is 2. The Morgan fingerprint density at radius 1 is 0.822 bits per heavy atom. The first-order valence-electron chi connectivity index (χ1n) is 15.6. The summed E-state index contributed by atoms with van der Waals surface area (Å²) in [5.74, 6) is 0.286. The Morgan fingerprint density at radius 3 is 1.96 bits per heavy atom. The van der Waals surface area contributed by atoms with Crippen molar-refractivity contribution in [3.63, 3.8) is 0 Å². The first-order valence-corrected chi connectivity index (χ1v) is 15.6. The molecule has 1 N–H and O–H groups in total. The van der Waals surface area contributed by atoms with Gasteiger partial charge in [-0.2, -0.15) is 0 Å². The van der Waals surface area contributed by atoms with Crippen molar-refractivity contribution in [2.24, 2.45) is 33.5 Å². The van der Waals surface area contributed by atoms with E-state index in [2.05, 4.69) is 45.6 Å². The fraction of sp³-hybridized carbons (Fsp3) is 0.474. The monoisotopic (exact) mass is 602 g/mol. The molecule has 0 radical (unpaired) electrons. The number of ketones is 2. The number of carbonyl (C=O) groups excluding carboxylic acids is 2. The highest BCUT2D eigenvalue weighted by atomic mass is 16.3. The molecule has 0 saturated heterocycles. The summed E-state index contributed by atoms with van der Waals surface area (Å²) in [7, 11) is 0. The van der Waals surface area contributed by atoms with Gasteiger partial charge in [-0.15, -0.1) is 0 Å². The van der Waals surface area contributed by atoms with E-state index in [0.29, 0.717) is 18.5 Å². The van der Waals surface area contributed by atoms with Gasteiger partial charge in [0.05, 0.1) is 18.7 Å². The van der Waals surface area contributed by atoms with E-state index in [-0.39, 0.29) is 39.9 Å². The summed E-state index contributed by atoms with van der Waals surface area (Å²) >= 11 is 0. The Labute approximate surface area is 266 Å². The van der Waals surface area contributed by atoms with Crippen LogP contribution in [0.1, 0.15) is 84.8 Å². The zero-order valence-corrected chi connectivity index (χ0v) is 27.1. The first kappa shape index (κ1) is 32.2. The van der Waals surface area contributed by atoms with Gasteiger partial charge >= 0.3 is 0 Å². The topological polar surface area (TPSA) is 88.9 Å². The van der Waals surface area contributed by atoms with E-state index >= 15 is 0 Å². The Kier molecular flexibility index (Phi) is 8.09. The van der Waals surface area contributed by atoms with E-state index in [1.165, 1.54) is 5.57 Å². The minimum atomic E-state index is -0.959. The third kappa shape index (κ3) is 5.49.